The van der Waals surface area contributed by atoms with Crippen LogP contribution in [0.2, 0.25) is 0 Å². The van der Waals surface area contributed by atoms with Crippen LogP contribution in [0, 0.1) is 6.92 Å². The first kappa shape index (κ1) is 9.53. The van der Waals surface area contributed by atoms with Crippen molar-refractivity contribution in [2.45, 2.75) is 20.3 Å². The molecule has 14 heavy (non-hydrogen) atoms. The van der Waals surface area contributed by atoms with E-state index in [2.05, 4.69) is 32.0 Å². The molecule has 0 spiro atoms. The summed E-state index contributed by atoms with van der Waals surface area (Å²) in [6.07, 6.45) is 1.10. The summed E-state index contributed by atoms with van der Waals surface area (Å²) in [5, 5.41) is 1.30. The molecule has 0 saturated carbocycles. The molecule has 1 heterocycles. The highest BCUT2D eigenvalue weighted by atomic mass is 32.1. The molecule has 0 aliphatic heterocycles. The molecule has 1 aromatic carbocycles. The zero-order chi connectivity index (χ0) is 10.1. The summed E-state index contributed by atoms with van der Waals surface area (Å²) in [5.41, 5.74) is 1.21. The second kappa shape index (κ2) is 3.62. The molecule has 2 heteroatoms. The fraction of sp³-hybridized carbons (Fsp3) is 0.333. The van der Waals surface area contributed by atoms with E-state index in [-0.39, 0.29) is 0 Å². The Balaban J connectivity index is 2.73. The van der Waals surface area contributed by atoms with Gasteiger partial charge < -0.3 is 4.74 Å². The first-order valence-corrected chi connectivity index (χ1v) is 5.64. The largest absolute Gasteiger partial charge is 0.495 e. The number of thiophene rings is 1. The Kier molecular flexibility index (Phi) is 2.46. The number of rotatable bonds is 2. The van der Waals surface area contributed by atoms with Crippen molar-refractivity contribution in [3.63, 3.8) is 0 Å². The first-order valence-electron chi connectivity index (χ1n) is 4.82. The zero-order valence-electron chi connectivity index (χ0n) is 8.76. The lowest BCUT2D eigenvalue weighted by Crippen LogP contribution is -1.85. The standard InChI is InChI=1S/C12H14OS/c1-4-10-7-9-6-5-8(2)11(13-3)12(9)14-10/h5-7H,4H2,1-3H3. The maximum Gasteiger partial charge on any atom is 0.139 e. The Morgan fingerprint density at radius 2 is 2.14 bits per heavy atom. The molecule has 74 valence electrons. The van der Waals surface area contributed by atoms with E-state index in [1.807, 2.05) is 11.3 Å². The molecule has 0 unspecified atom stereocenters. The summed E-state index contributed by atoms with van der Waals surface area (Å²) in [5.74, 6) is 1.03. The summed E-state index contributed by atoms with van der Waals surface area (Å²) in [6.45, 7) is 4.27. The second-order valence-corrected chi connectivity index (χ2v) is 4.54. The van der Waals surface area contributed by atoms with E-state index >= 15 is 0 Å². The Morgan fingerprint density at radius 3 is 2.79 bits per heavy atom. The van der Waals surface area contributed by atoms with E-state index in [1.54, 1.807) is 7.11 Å². The van der Waals surface area contributed by atoms with Crippen LogP contribution in [0.15, 0.2) is 18.2 Å². The van der Waals surface area contributed by atoms with Crippen molar-refractivity contribution in [1.82, 2.24) is 0 Å². The highest BCUT2D eigenvalue weighted by molar-refractivity contribution is 7.19. The number of benzene rings is 1. The third-order valence-corrected chi connectivity index (χ3v) is 3.74. The molecular formula is C12H14OS. The van der Waals surface area contributed by atoms with Crippen molar-refractivity contribution in [3.8, 4) is 5.75 Å². The van der Waals surface area contributed by atoms with Crippen LogP contribution in [-0.4, -0.2) is 7.11 Å². The summed E-state index contributed by atoms with van der Waals surface area (Å²) >= 11 is 1.84. The Labute approximate surface area is 88.3 Å². The van der Waals surface area contributed by atoms with Gasteiger partial charge in [-0.15, -0.1) is 11.3 Å². The van der Waals surface area contributed by atoms with Crippen molar-refractivity contribution in [1.29, 1.82) is 0 Å². The Bertz CT molecular complexity index is 457. The molecule has 0 N–H and O–H groups in total. The Morgan fingerprint density at radius 1 is 1.36 bits per heavy atom. The van der Waals surface area contributed by atoms with E-state index in [0.29, 0.717) is 0 Å². The van der Waals surface area contributed by atoms with Crippen LogP contribution in [-0.2, 0) is 6.42 Å². The fourth-order valence-corrected chi connectivity index (χ4v) is 2.83. The smallest absolute Gasteiger partial charge is 0.139 e. The van der Waals surface area contributed by atoms with E-state index in [4.69, 9.17) is 4.74 Å². The van der Waals surface area contributed by atoms with Gasteiger partial charge in [0.25, 0.3) is 0 Å². The topological polar surface area (TPSA) is 9.23 Å². The van der Waals surface area contributed by atoms with E-state index in [9.17, 15) is 0 Å². The predicted octanol–water partition coefficient (Wildman–Crippen LogP) is 3.78. The van der Waals surface area contributed by atoms with Crippen LogP contribution in [0.5, 0.6) is 5.75 Å². The molecule has 0 atom stereocenters. The van der Waals surface area contributed by atoms with Crippen molar-refractivity contribution >= 4 is 21.4 Å². The fourth-order valence-electron chi connectivity index (χ4n) is 1.66. The number of ether oxygens (including phenoxy) is 1. The third kappa shape index (κ3) is 1.40. The average molecular weight is 206 g/mol. The SMILES string of the molecule is CCc1cc2ccc(C)c(OC)c2s1. The number of hydrogen-bond acceptors (Lipinski definition) is 2. The highest BCUT2D eigenvalue weighted by Crippen LogP contribution is 2.35. The van der Waals surface area contributed by atoms with Crippen molar-refractivity contribution in [2.24, 2.45) is 0 Å². The average Bonchev–Trinajstić information content (AvgIpc) is 2.60. The minimum Gasteiger partial charge on any atom is -0.495 e. The predicted molar refractivity (Wildman–Crippen MR) is 62.5 cm³/mol. The lowest BCUT2D eigenvalue weighted by atomic mass is 10.1. The van der Waals surface area contributed by atoms with Crippen LogP contribution in [0.3, 0.4) is 0 Å². The van der Waals surface area contributed by atoms with Gasteiger partial charge in [0.1, 0.15) is 5.75 Å². The summed E-state index contributed by atoms with van der Waals surface area (Å²) in [4.78, 5) is 1.42. The summed E-state index contributed by atoms with van der Waals surface area (Å²) < 4.78 is 6.71. The molecule has 1 aromatic heterocycles. The molecule has 0 radical (unpaired) electrons. The normalized spacial score (nSPS) is 10.8. The van der Waals surface area contributed by atoms with Crippen LogP contribution in [0.25, 0.3) is 10.1 Å². The van der Waals surface area contributed by atoms with Crippen molar-refractivity contribution in [2.75, 3.05) is 7.11 Å². The van der Waals surface area contributed by atoms with Crippen LogP contribution in [0.1, 0.15) is 17.4 Å². The van der Waals surface area contributed by atoms with Crippen LogP contribution in [0.4, 0.5) is 0 Å². The number of aryl methyl sites for hydroxylation is 2. The van der Waals surface area contributed by atoms with Gasteiger partial charge in [0, 0.05) is 4.88 Å². The van der Waals surface area contributed by atoms with Gasteiger partial charge in [-0.25, -0.2) is 0 Å². The second-order valence-electron chi connectivity index (χ2n) is 3.40. The maximum atomic E-state index is 5.43. The van der Waals surface area contributed by atoms with Gasteiger partial charge in [0.2, 0.25) is 0 Å². The van der Waals surface area contributed by atoms with Gasteiger partial charge in [-0.2, -0.15) is 0 Å². The molecule has 0 aliphatic rings. The maximum absolute atomic E-state index is 5.43. The molecule has 2 aromatic rings. The minimum absolute atomic E-state index is 1.03. The molecule has 0 aliphatic carbocycles. The van der Waals surface area contributed by atoms with E-state index in [1.165, 1.54) is 20.5 Å². The minimum atomic E-state index is 1.03. The van der Waals surface area contributed by atoms with Crippen molar-refractivity contribution < 1.29 is 4.74 Å². The monoisotopic (exact) mass is 206 g/mol. The van der Waals surface area contributed by atoms with Gasteiger partial charge in [-0.3, -0.25) is 0 Å². The van der Waals surface area contributed by atoms with Crippen LogP contribution < -0.4 is 4.74 Å². The lowest BCUT2D eigenvalue weighted by Gasteiger charge is -2.04. The van der Waals surface area contributed by atoms with Crippen molar-refractivity contribution in [3.05, 3.63) is 28.6 Å². The van der Waals surface area contributed by atoms with Gasteiger partial charge in [0.05, 0.1) is 11.8 Å². The molecule has 0 saturated heterocycles. The van der Waals surface area contributed by atoms with Gasteiger partial charge >= 0.3 is 0 Å². The molecule has 0 bridgehead atoms. The number of methoxy groups -OCH3 is 1. The van der Waals surface area contributed by atoms with Gasteiger partial charge in [-0.05, 0) is 30.4 Å². The third-order valence-electron chi connectivity index (χ3n) is 2.44. The molecule has 1 nitrogen and oxygen atoms in total. The highest BCUT2D eigenvalue weighted by Gasteiger charge is 2.08. The quantitative estimate of drug-likeness (QED) is 0.726. The van der Waals surface area contributed by atoms with Crippen LogP contribution >= 0.6 is 11.3 Å². The number of fused-ring (bicyclic) bond motifs is 1. The molecule has 0 amide bonds. The summed E-state index contributed by atoms with van der Waals surface area (Å²) in [7, 11) is 1.74. The zero-order valence-corrected chi connectivity index (χ0v) is 9.57. The van der Waals surface area contributed by atoms with E-state index < -0.39 is 0 Å². The van der Waals surface area contributed by atoms with Gasteiger partial charge in [-0.1, -0.05) is 19.1 Å². The molecular weight excluding hydrogens is 192 g/mol. The Hall–Kier alpha value is -1.02. The first-order chi connectivity index (χ1) is 6.76. The molecule has 0 fully saturated rings. The number of hydrogen-bond donors (Lipinski definition) is 0. The van der Waals surface area contributed by atoms with E-state index in [0.717, 1.165) is 12.2 Å². The molecule has 2 rings (SSSR count). The van der Waals surface area contributed by atoms with Gasteiger partial charge in [0.15, 0.2) is 0 Å². The summed E-state index contributed by atoms with van der Waals surface area (Å²) in [6, 6.07) is 6.54. The lowest BCUT2D eigenvalue weighted by molar-refractivity contribution is 0.417.